The van der Waals surface area contributed by atoms with Crippen molar-refractivity contribution in [2.75, 3.05) is 6.61 Å². The van der Waals surface area contributed by atoms with E-state index in [4.69, 9.17) is 5.11 Å². The van der Waals surface area contributed by atoms with E-state index >= 15 is 0 Å². The zero-order valence-electron chi connectivity index (χ0n) is 9.02. The summed E-state index contributed by atoms with van der Waals surface area (Å²) in [4.78, 5) is 10.6. The number of aliphatic hydroxyl groups excluding tert-OH is 1. The van der Waals surface area contributed by atoms with E-state index in [9.17, 15) is 14.5 Å². The molecule has 0 aliphatic carbocycles. The van der Waals surface area contributed by atoms with Gasteiger partial charge < -0.3 is 5.11 Å². The first-order chi connectivity index (χ1) is 7.95. The Morgan fingerprint density at radius 2 is 2.29 bits per heavy atom. The zero-order chi connectivity index (χ0) is 13.0. The molecule has 1 atom stereocenters. The molecule has 1 aromatic carbocycles. The van der Waals surface area contributed by atoms with Crippen LogP contribution in [0.2, 0.25) is 0 Å². The summed E-state index contributed by atoms with van der Waals surface area (Å²) in [6.07, 6.45) is 0.509. The molecule has 17 heavy (non-hydrogen) atoms. The van der Waals surface area contributed by atoms with Crippen LogP contribution in [0.25, 0.3) is 0 Å². The van der Waals surface area contributed by atoms with Crippen molar-refractivity contribution in [2.24, 2.45) is 0 Å². The molecular formula is C10H11FINO3S. The predicted octanol–water partition coefficient (Wildman–Crippen LogP) is 3.20. The fourth-order valence-corrected chi connectivity index (χ4v) is 2.75. The van der Waals surface area contributed by atoms with Crippen molar-refractivity contribution < 1.29 is 14.4 Å². The van der Waals surface area contributed by atoms with Crippen molar-refractivity contribution in [3.63, 3.8) is 0 Å². The third kappa shape index (κ3) is 4.07. The number of rotatable bonds is 5. The van der Waals surface area contributed by atoms with Gasteiger partial charge in [-0.1, -0.05) is 6.92 Å². The van der Waals surface area contributed by atoms with Gasteiger partial charge in [0.25, 0.3) is 5.69 Å². The second-order valence-corrected chi connectivity index (χ2v) is 6.07. The predicted molar refractivity (Wildman–Crippen MR) is 72.8 cm³/mol. The van der Waals surface area contributed by atoms with Crippen LogP contribution in [0.3, 0.4) is 0 Å². The fraction of sp³-hybridized carbons (Fsp3) is 0.400. The van der Waals surface area contributed by atoms with E-state index in [-0.39, 0.29) is 21.1 Å². The lowest BCUT2D eigenvalue weighted by Gasteiger charge is -2.10. The molecule has 1 N–H and O–H groups in total. The lowest BCUT2D eigenvalue weighted by Crippen LogP contribution is -2.01. The summed E-state index contributed by atoms with van der Waals surface area (Å²) in [7, 11) is 0. The number of thioether (sulfide) groups is 1. The first-order valence-electron chi connectivity index (χ1n) is 4.86. The number of halogens is 2. The highest BCUT2D eigenvalue weighted by Gasteiger charge is 2.19. The van der Waals surface area contributed by atoms with Gasteiger partial charge in [-0.3, -0.25) is 10.1 Å². The molecule has 0 bridgehead atoms. The molecule has 0 radical (unpaired) electrons. The highest BCUT2D eigenvalue weighted by atomic mass is 127. The largest absolute Gasteiger partial charge is 0.396 e. The summed E-state index contributed by atoms with van der Waals surface area (Å²) in [6.45, 7) is 1.84. The standard InChI is InChI=1S/C10H11FINO3S/c1-6(2-3-14)17-10-4-7(11)8(12)5-9(10)13(15)16/h4-6,14H,2-3H2,1H3. The maximum atomic E-state index is 13.4. The SMILES string of the molecule is CC(CCO)Sc1cc(F)c(I)cc1[N+](=O)[O-]. The van der Waals surface area contributed by atoms with E-state index in [0.29, 0.717) is 11.3 Å². The van der Waals surface area contributed by atoms with Crippen LogP contribution >= 0.6 is 34.4 Å². The molecule has 0 amide bonds. The van der Waals surface area contributed by atoms with Crippen molar-refractivity contribution in [3.8, 4) is 0 Å². The number of hydrogen-bond donors (Lipinski definition) is 1. The molecule has 0 aromatic heterocycles. The van der Waals surface area contributed by atoms with Crippen LogP contribution in [0, 0.1) is 19.5 Å². The number of benzene rings is 1. The Labute approximate surface area is 116 Å². The topological polar surface area (TPSA) is 63.4 Å². The molecule has 0 aliphatic heterocycles. The Morgan fingerprint density at radius 1 is 1.65 bits per heavy atom. The summed E-state index contributed by atoms with van der Waals surface area (Å²) in [6, 6.07) is 2.41. The normalized spacial score (nSPS) is 12.5. The molecule has 4 nitrogen and oxygen atoms in total. The summed E-state index contributed by atoms with van der Waals surface area (Å²) in [5.74, 6) is -0.463. The minimum absolute atomic E-state index is 0.00170. The maximum Gasteiger partial charge on any atom is 0.284 e. The van der Waals surface area contributed by atoms with E-state index < -0.39 is 10.7 Å². The lowest BCUT2D eigenvalue weighted by molar-refractivity contribution is -0.387. The smallest absolute Gasteiger partial charge is 0.284 e. The van der Waals surface area contributed by atoms with Gasteiger partial charge in [0.2, 0.25) is 0 Å². The van der Waals surface area contributed by atoms with Crippen molar-refractivity contribution in [1.29, 1.82) is 0 Å². The number of nitrogens with zero attached hydrogens (tertiary/aromatic N) is 1. The van der Waals surface area contributed by atoms with Gasteiger partial charge in [-0.2, -0.15) is 0 Å². The minimum atomic E-state index is -0.518. The van der Waals surface area contributed by atoms with Gasteiger partial charge >= 0.3 is 0 Å². The van der Waals surface area contributed by atoms with Gasteiger partial charge in [-0.05, 0) is 35.1 Å². The Bertz CT molecular complexity index is 430. The van der Waals surface area contributed by atoms with Crippen molar-refractivity contribution in [2.45, 2.75) is 23.5 Å². The van der Waals surface area contributed by atoms with Gasteiger partial charge in [0.1, 0.15) is 5.82 Å². The molecule has 0 aliphatic rings. The highest BCUT2D eigenvalue weighted by Crippen LogP contribution is 2.35. The van der Waals surface area contributed by atoms with Crippen LogP contribution in [0.1, 0.15) is 13.3 Å². The van der Waals surface area contributed by atoms with Gasteiger partial charge in [0.05, 0.1) is 13.4 Å². The van der Waals surface area contributed by atoms with Crippen LogP contribution < -0.4 is 0 Å². The molecule has 0 heterocycles. The minimum Gasteiger partial charge on any atom is -0.396 e. The number of aliphatic hydroxyl groups is 1. The molecule has 0 spiro atoms. The third-order valence-electron chi connectivity index (χ3n) is 2.06. The summed E-state index contributed by atoms with van der Waals surface area (Å²) in [5.41, 5.74) is -0.0920. The van der Waals surface area contributed by atoms with Gasteiger partial charge in [0, 0.05) is 17.9 Å². The van der Waals surface area contributed by atoms with E-state index in [1.54, 1.807) is 22.6 Å². The molecule has 0 fully saturated rings. The molecule has 0 saturated carbocycles. The Hall–Kier alpha value is -0.410. The molecule has 1 unspecified atom stereocenters. The van der Waals surface area contributed by atoms with Crippen LogP contribution in [-0.4, -0.2) is 21.9 Å². The quantitative estimate of drug-likeness (QED) is 0.374. The first kappa shape index (κ1) is 14.7. The average Bonchev–Trinajstić information content (AvgIpc) is 2.23. The molecule has 1 rings (SSSR count). The summed E-state index contributed by atoms with van der Waals surface area (Å²) in [5, 5.41) is 19.6. The first-order valence-corrected chi connectivity index (χ1v) is 6.82. The van der Waals surface area contributed by atoms with Crippen LogP contribution in [0.4, 0.5) is 10.1 Å². The van der Waals surface area contributed by atoms with Crippen molar-refractivity contribution >= 4 is 40.0 Å². The summed E-state index contributed by atoms with van der Waals surface area (Å²) >= 11 is 2.92. The Morgan fingerprint density at radius 3 is 2.82 bits per heavy atom. The van der Waals surface area contributed by atoms with Crippen molar-refractivity contribution in [1.82, 2.24) is 0 Å². The molecule has 94 valence electrons. The Balaban J connectivity index is 3.04. The zero-order valence-corrected chi connectivity index (χ0v) is 12.0. The molecule has 7 heteroatoms. The number of hydrogen-bond acceptors (Lipinski definition) is 4. The number of nitro benzene ring substituents is 1. The van der Waals surface area contributed by atoms with Gasteiger partial charge in [-0.15, -0.1) is 11.8 Å². The average molecular weight is 371 g/mol. The van der Waals surface area contributed by atoms with Crippen LogP contribution in [0.15, 0.2) is 17.0 Å². The van der Waals surface area contributed by atoms with Gasteiger partial charge in [0.15, 0.2) is 0 Å². The van der Waals surface area contributed by atoms with Crippen LogP contribution in [0.5, 0.6) is 0 Å². The van der Waals surface area contributed by atoms with E-state index in [1.807, 2.05) is 6.92 Å². The van der Waals surface area contributed by atoms with E-state index in [0.717, 1.165) is 0 Å². The number of nitro groups is 1. The van der Waals surface area contributed by atoms with Crippen molar-refractivity contribution in [3.05, 3.63) is 31.6 Å². The second kappa shape index (κ2) is 6.50. The third-order valence-corrected chi connectivity index (χ3v) is 4.11. The molecule has 0 saturated heterocycles. The molecular weight excluding hydrogens is 360 g/mol. The maximum absolute atomic E-state index is 13.4. The molecule has 1 aromatic rings. The second-order valence-electron chi connectivity index (χ2n) is 3.43. The fourth-order valence-electron chi connectivity index (χ4n) is 1.21. The van der Waals surface area contributed by atoms with E-state index in [2.05, 4.69) is 0 Å². The summed E-state index contributed by atoms with van der Waals surface area (Å²) < 4.78 is 13.6. The highest BCUT2D eigenvalue weighted by molar-refractivity contribution is 14.1. The Kier molecular flexibility index (Phi) is 5.60. The van der Waals surface area contributed by atoms with E-state index in [1.165, 1.54) is 23.9 Å². The van der Waals surface area contributed by atoms with Gasteiger partial charge in [-0.25, -0.2) is 4.39 Å². The monoisotopic (exact) mass is 371 g/mol. The van der Waals surface area contributed by atoms with Crippen LogP contribution in [-0.2, 0) is 0 Å². The lowest BCUT2D eigenvalue weighted by atomic mass is 10.3.